The Labute approximate surface area is 71.6 Å². The molecule has 1 atom stereocenters. The van der Waals surface area contributed by atoms with Crippen LogP contribution in [0.1, 0.15) is 37.4 Å². The first kappa shape index (κ1) is 7.59. The van der Waals surface area contributed by atoms with E-state index >= 15 is 0 Å². The topological polar surface area (TPSA) is 30.2 Å². The minimum absolute atomic E-state index is 0.348. The van der Waals surface area contributed by atoms with Gasteiger partial charge in [0.2, 0.25) is 0 Å². The smallest absolute Gasteiger partial charge is 0.133 e. The number of hydrogen-bond donors (Lipinski definition) is 0. The first-order chi connectivity index (χ1) is 5.86. The fourth-order valence-electron chi connectivity index (χ4n) is 1.79. The molecular formula is C10H12O2. The Morgan fingerprint density at radius 2 is 2.42 bits per heavy atom. The van der Waals surface area contributed by atoms with Gasteiger partial charge in [-0.25, -0.2) is 0 Å². The summed E-state index contributed by atoms with van der Waals surface area (Å²) in [6.45, 7) is 0. The molecule has 64 valence electrons. The van der Waals surface area contributed by atoms with Crippen LogP contribution in [0.3, 0.4) is 0 Å². The van der Waals surface area contributed by atoms with Gasteiger partial charge in [0.05, 0.1) is 6.26 Å². The molecule has 0 N–H and O–H groups in total. The van der Waals surface area contributed by atoms with Crippen molar-refractivity contribution in [2.75, 3.05) is 0 Å². The molecule has 0 spiro atoms. The van der Waals surface area contributed by atoms with E-state index in [4.69, 9.17) is 4.42 Å². The summed E-state index contributed by atoms with van der Waals surface area (Å²) in [5.74, 6) is 1.70. The van der Waals surface area contributed by atoms with E-state index < -0.39 is 0 Å². The molecule has 1 heterocycles. The van der Waals surface area contributed by atoms with E-state index in [0.717, 1.165) is 25.0 Å². The van der Waals surface area contributed by atoms with Gasteiger partial charge in [0.15, 0.2) is 0 Å². The summed E-state index contributed by atoms with van der Waals surface area (Å²) in [5, 5.41) is 0. The van der Waals surface area contributed by atoms with Gasteiger partial charge in [-0.05, 0) is 25.0 Å². The molecule has 0 saturated heterocycles. The second kappa shape index (κ2) is 3.13. The third-order valence-corrected chi connectivity index (χ3v) is 2.43. The Morgan fingerprint density at radius 1 is 1.50 bits per heavy atom. The van der Waals surface area contributed by atoms with Crippen LogP contribution in [0.25, 0.3) is 0 Å². The van der Waals surface area contributed by atoms with Gasteiger partial charge in [-0.1, -0.05) is 0 Å². The summed E-state index contributed by atoms with van der Waals surface area (Å²) >= 11 is 0. The molecule has 1 unspecified atom stereocenters. The number of carbonyl (C=O) groups excluding carboxylic acids is 1. The molecule has 0 bridgehead atoms. The predicted molar refractivity (Wildman–Crippen MR) is 44.9 cm³/mol. The number of furan rings is 1. The highest BCUT2D eigenvalue weighted by molar-refractivity contribution is 5.79. The van der Waals surface area contributed by atoms with Crippen LogP contribution in [0.5, 0.6) is 0 Å². The van der Waals surface area contributed by atoms with Gasteiger partial charge in [-0.2, -0.15) is 0 Å². The summed E-state index contributed by atoms with van der Waals surface area (Å²) in [6.07, 6.45) is 5.22. The molecule has 0 aromatic carbocycles. The summed E-state index contributed by atoms with van der Waals surface area (Å²) in [4.78, 5) is 11.1. The van der Waals surface area contributed by atoms with Gasteiger partial charge in [-0.15, -0.1) is 0 Å². The number of Topliss-reactive ketones (excluding diaryl/α,β-unsaturated/α-hetero) is 1. The molecule has 2 nitrogen and oxygen atoms in total. The van der Waals surface area contributed by atoms with Crippen LogP contribution < -0.4 is 0 Å². The molecule has 1 aromatic rings. The highest BCUT2D eigenvalue weighted by Crippen LogP contribution is 2.30. The molecular weight excluding hydrogens is 152 g/mol. The highest BCUT2D eigenvalue weighted by Gasteiger charge is 2.22. The van der Waals surface area contributed by atoms with Crippen molar-refractivity contribution in [1.29, 1.82) is 0 Å². The first-order valence-corrected chi connectivity index (χ1v) is 4.41. The molecule has 12 heavy (non-hydrogen) atoms. The van der Waals surface area contributed by atoms with Crippen molar-refractivity contribution in [3.63, 3.8) is 0 Å². The zero-order valence-corrected chi connectivity index (χ0v) is 6.95. The Balaban J connectivity index is 2.09. The van der Waals surface area contributed by atoms with Crippen LogP contribution in [0.15, 0.2) is 22.8 Å². The molecule has 1 aromatic heterocycles. The van der Waals surface area contributed by atoms with E-state index in [1.165, 1.54) is 0 Å². The van der Waals surface area contributed by atoms with Crippen LogP contribution in [-0.4, -0.2) is 5.78 Å². The fourth-order valence-corrected chi connectivity index (χ4v) is 1.79. The lowest BCUT2D eigenvalue weighted by molar-refractivity contribution is -0.120. The third kappa shape index (κ3) is 1.42. The molecule has 0 amide bonds. The minimum atomic E-state index is 0.348. The SMILES string of the molecule is O=C1CCCC(c2ccco2)C1. The van der Waals surface area contributed by atoms with Crippen molar-refractivity contribution in [3.8, 4) is 0 Å². The maximum atomic E-state index is 11.1. The largest absolute Gasteiger partial charge is 0.469 e. The number of rotatable bonds is 1. The Bertz CT molecular complexity index is 261. The molecule has 0 radical (unpaired) electrons. The minimum Gasteiger partial charge on any atom is -0.469 e. The lowest BCUT2D eigenvalue weighted by atomic mass is 9.87. The van der Waals surface area contributed by atoms with Crippen molar-refractivity contribution in [2.45, 2.75) is 31.6 Å². The number of ketones is 1. The molecule has 2 heteroatoms. The van der Waals surface area contributed by atoms with Crippen LogP contribution in [0.2, 0.25) is 0 Å². The van der Waals surface area contributed by atoms with E-state index in [2.05, 4.69) is 0 Å². The molecule has 1 fully saturated rings. The summed E-state index contributed by atoms with van der Waals surface area (Å²) in [5.41, 5.74) is 0. The van der Waals surface area contributed by atoms with Gasteiger partial charge in [-0.3, -0.25) is 4.79 Å². The van der Waals surface area contributed by atoms with Crippen molar-refractivity contribution >= 4 is 5.78 Å². The molecule has 2 rings (SSSR count). The monoisotopic (exact) mass is 164 g/mol. The predicted octanol–water partition coefficient (Wildman–Crippen LogP) is 2.51. The number of carbonyl (C=O) groups is 1. The van der Waals surface area contributed by atoms with Gasteiger partial charge in [0.25, 0.3) is 0 Å². The average molecular weight is 164 g/mol. The van der Waals surface area contributed by atoms with Crippen LogP contribution >= 0.6 is 0 Å². The average Bonchev–Trinajstić information content (AvgIpc) is 2.56. The Morgan fingerprint density at radius 3 is 3.08 bits per heavy atom. The lowest BCUT2D eigenvalue weighted by Gasteiger charge is -2.18. The third-order valence-electron chi connectivity index (χ3n) is 2.43. The van der Waals surface area contributed by atoms with Gasteiger partial charge >= 0.3 is 0 Å². The van der Waals surface area contributed by atoms with Gasteiger partial charge < -0.3 is 4.42 Å². The van der Waals surface area contributed by atoms with E-state index in [0.29, 0.717) is 18.1 Å². The van der Waals surface area contributed by atoms with Crippen molar-refractivity contribution in [2.24, 2.45) is 0 Å². The first-order valence-electron chi connectivity index (χ1n) is 4.41. The fraction of sp³-hybridized carbons (Fsp3) is 0.500. The second-order valence-corrected chi connectivity index (χ2v) is 3.35. The molecule has 1 aliphatic carbocycles. The molecule has 0 aliphatic heterocycles. The summed E-state index contributed by atoms with van der Waals surface area (Å²) in [7, 11) is 0. The van der Waals surface area contributed by atoms with Crippen molar-refractivity contribution in [1.82, 2.24) is 0 Å². The quantitative estimate of drug-likeness (QED) is 0.638. The maximum absolute atomic E-state index is 11.1. The van der Waals surface area contributed by atoms with Crippen LogP contribution in [0, 0.1) is 0 Å². The van der Waals surface area contributed by atoms with E-state index in [1.54, 1.807) is 6.26 Å². The Kier molecular flexibility index (Phi) is 1.98. The highest BCUT2D eigenvalue weighted by atomic mass is 16.3. The van der Waals surface area contributed by atoms with E-state index in [9.17, 15) is 4.79 Å². The second-order valence-electron chi connectivity index (χ2n) is 3.35. The normalized spacial score (nSPS) is 24.3. The molecule has 1 aliphatic rings. The van der Waals surface area contributed by atoms with Crippen molar-refractivity contribution < 1.29 is 9.21 Å². The van der Waals surface area contributed by atoms with Crippen LogP contribution in [0.4, 0.5) is 0 Å². The zero-order valence-electron chi connectivity index (χ0n) is 6.95. The maximum Gasteiger partial charge on any atom is 0.133 e. The number of hydrogen-bond acceptors (Lipinski definition) is 2. The van der Waals surface area contributed by atoms with Crippen LogP contribution in [-0.2, 0) is 4.79 Å². The zero-order chi connectivity index (χ0) is 8.39. The Hall–Kier alpha value is -1.05. The standard InChI is InChI=1S/C10H12O2/c11-9-4-1-3-8(7-9)10-5-2-6-12-10/h2,5-6,8H,1,3-4,7H2. The molecule has 1 saturated carbocycles. The summed E-state index contributed by atoms with van der Waals surface area (Å²) in [6, 6.07) is 3.84. The van der Waals surface area contributed by atoms with Crippen molar-refractivity contribution in [3.05, 3.63) is 24.2 Å². The van der Waals surface area contributed by atoms with Gasteiger partial charge in [0.1, 0.15) is 11.5 Å². The van der Waals surface area contributed by atoms with E-state index in [-0.39, 0.29) is 0 Å². The lowest BCUT2D eigenvalue weighted by Crippen LogP contribution is -2.12. The summed E-state index contributed by atoms with van der Waals surface area (Å²) < 4.78 is 5.27. The van der Waals surface area contributed by atoms with Gasteiger partial charge in [0, 0.05) is 18.8 Å². The van der Waals surface area contributed by atoms with E-state index in [1.807, 2.05) is 12.1 Å².